The number of aromatic nitrogens is 1. The Bertz CT molecular complexity index is 1020. The standard InChI is InChI=1S/C21H19N3O3S/c25-20-16(17-3-4-18(21(26)27)24(17)20)9-15-8-14-12-23(7-5-19(14)28-15)11-13-2-1-6-22-10-13/h1-2,4,6,8-10,17H,3,5,7,11-12H2,(H,26,27)/b16-9+. The molecule has 0 bridgehead atoms. The summed E-state index contributed by atoms with van der Waals surface area (Å²) in [6, 6.07) is 6.13. The molecule has 0 aromatic carbocycles. The van der Waals surface area contributed by atoms with Crippen LogP contribution in [0.15, 0.2) is 47.9 Å². The molecule has 1 atom stereocenters. The van der Waals surface area contributed by atoms with Crippen molar-refractivity contribution < 1.29 is 14.7 Å². The summed E-state index contributed by atoms with van der Waals surface area (Å²) in [5.74, 6) is -1.21. The number of carbonyl (C=O) groups excluding carboxylic acids is 1. The zero-order valence-electron chi connectivity index (χ0n) is 15.2. The van der Waals surface area contributed by atoms with Gasteiger partial charge in [0.2, 0.25) is 0 Å². The van der Waals surface area contributed by atoms with Gasteiger partial charge in [-0.1, -0.05) is 12.1 Å². The number of hydrogen-bond donors (Lipinski definition) is 1. The van der Waals surface area contributed by atoms with E-state index < -0.39 is 5.97 Å². The van der Waals surface area contributed by atoms with Gasteiger partial charge in [-0.2, -0.15) is 0 Å². The van der Waals surface area contributed by atoms with Crippen molar-refractivity contribution in [2.24, 2.45) is 0 Å². The number of carboxylic acid groups (broad SMARTS) is 1. The van der Waals surface area contributed by atoms with Gasteiger partial charge >= 0.3 is 5.97 Å². The highest BCUT2D eigenvalue weighted by molar-refractivity contribution is 7.13. The Morgan fingerprint density at radius 3 is 3.11 bits per heavy atom. The molecule has 1 amide bonds. The molecule has 6 nitrogen and oxygen atoms in total. The molecule has 3 aliphatic heterocycles. The molecule has 0 aliphatic carbocycles. The van der Waals surface area contributed by atoms with Gasteiger partial charge in [0.25, 0.3) is 5.91 Å². The number of rotatable bonds is 4. The van der Waals surface area contributed by atoms with E-state index in [1.807, 2.05) is 18.3 Å². The minimum atomic E-state index is -1.03. The average Bonchev–Trinajstić information content (AvgIpc) is 3.28. The maximum Gasteiger partial charge on any atom is 0.352 e. The number of nitrogens with zero attached hydrogens (tertiary/aromatic N) is 3. The fourth-order valence-electron chi connectivity index (χ4n) is 4.20. The van der Waals surface area contributed by atoms with E-state index in [-0.39, 0.29) is 17.6 Å². The lowest BCUT2D eigenvalue weighted by molar-refractivity contribution is -0.142. The first-order valence-corrected chi connectivity index (χ1v) is 10.1. The second kappa shape index (κ2) is 6.68. The van der Waals surface area contributed by atoms with E-state index in [9.17, 15) is 14.7 Å². The van der Waals surface area contributed by atoms with Gasteiger partial charge in [-0.05, 0) is 42.2 Å². The molecule has 1 unspecified atom stereocenters. The van der Waals surface area contributed by atoms with Crippen molar-refractivity contribution in [2.45, 2.75) is 32.0 Å². The minimum Gasteiger partial charge on any atom is -0.477 e. The zero-order chi connectivity index (χ0) is 19.3. The highest BCUT2D eigenvalue weighted by Gasteiger charge is 2.48. The lowest BCUT2D eigenvalue weighted by atomic mass is 9.94. The van der Waals surface area contributed by atoms with Crippen LogP contribution in [0, 0.1) is 0 Å². The zero-order valence-corrected chi connectivity index (χ0v) is 16.0. The van der Waals surface area contributed by atoms with Crippen molar-refractivity contribution in [3.05, 3.63) is 68.8 Å². The first-order valence-electron chi connectivity index (χ1n) is 9.31. The molecule has 0 saturated carbocycles. The SMILES string of the molecule is O=C(O)C1=CCC2/C(=C\c3cc4c(s3)CCN(Cc3cccnc3)C4)C(=O)N12. The fourth-order valence-corrected chi connectivity index (χ4v) is 5.32. The lowest BCUT2D eigenvalue weighted by Gasteiger charge is -2.38. The molecule has 3 aliphatic rings. The van der Waals surface area contributed by atoms with Crippen LogP contribution in [0.1, 0.15) is 27.3 Å². The monoisotopic (exact) mass is 393 g/mol. The normalized spacial score (nSPS) is 22.6. The molecular weight excluding hydrogens is 374 g/mol. The van der Waals surface area contributed by atoms with Crippen LogP contribution in [0.25, 0.3) is 6.08 Å². The molecule has 7 heteroatoms. The minimum absolute atomic E-state index is 0.111. The summed E-state index contributed by atoms with van der Waals surface area (Å²) < 4.78 is 0. The van der Waals surface area contributed by atoms with Crippen molar-refractivity contribution in [3.8, 4) is 0 Å². The van der Waals surface area contributed by atoms with Gasteiger partial charge in [0.15, 0.2) is 0 Å². The fraction of sp³-hybridized carbons (Fsp3) is 0.286. The molecule has 5 heterocycles. The first-order chi connectivity index (χ1) is 13.6. The number of amides is 1. The Kier molecular flexibility index (Phi) is 4.14. The molecule has 2 aromatic heterocycles. The molecular formula is C21H19N3O3S. The van der Waals surface area contributed by atoms with E-state index in [1.54, 1.807) is 23.6 Å². The van der Waals surface area contributed by atoms with Gasteiger partial charge in [0, 0.05) is 47.4 Å². The Labute approximate surface area is 166 Å². The lowest BCUT2D eigenvalue weighted by Crippen LogP contribution is -2.52. The molecule has 2 aromatic rings. The van der Waals surface area contributed by atoms with Gasteiger partial charge in [-0.25, -0.2) is 4.79 Å². The van der Waals surface area contributed by atoms with E-state index in [0.29, 0.717) is 6.42 Å². The summed E-state index contributed by atoms with van der Waals surface area (Å²) in [6.45, 7) is 2.80. The molecule has 142 valence electrons. The van der Waals surface area contributed by atoms with E-state index in [2.05, 4.69) is 22.0 Å². The number of hydrogen-bond acceptors (Lipinski definition) is 5. The van der Waals surface area contributed by atoms with Gasteiger partial charge < -0.3 is 5.11 Å². The third kappa shape index (κ3) is 2.87. The van der Waals surface area contributed by atoms with Crippen LogP contribution in [-0.2, 0) is 29.1 Å². The molecule has 0 spiro atoms. The van der Waals surface area contributed by atoms with Gasteiger partial charge in [-0.15, -0.1) is 11.3 Å². The second-order valence-corrected chi connectivity index (χ2v) is 8.51. The number of carbonyl (C=O) groups is 2. The second-order valence-electron chi connectivity index (χ2n) is 7.34. The summed E-state index contributed by atoms with van der Waals surface area (Å²) in [5, 5.41) is 9.18. The van der Waals surface area contributed by atoms with Crippen LogP contribution < -0.4 is 0 Å². The molecule has 1 N–H and O–H groups in total. The van der Waals surface area contributed by atoms with Crippen LogP contribution in [0.2, 0.25) is 0 Å². The predicted molar refractivity (Wildman–Crippen MR) is 105 cm³/mol. The molecule has 1 saturated heterocycles. The summed E-state index contributed by atoms with van der Waals surface area (Å²) in [5.41, 5.74) is 3.38. The number of thiophene rings is 1. The summed E-state index contributed by atoms with van der Waals surface area (Å²) in [7, 11) is 0. The number of fused-ring (bicyclic) bond motifs is 2. The van der Waals surface area contributed by atoms with E-state index in [0.717, 1.165) is 36.5 Å². The summed E-state index contributed by atoms with van der Waals surface area (Å²) in [4.78, 5) is 34.1. The van der Waals surface area contributed by atoms with Crippen LogP contribution in [0.4, 0.5) is 0 Å². The van der Waals surface area contributed by atoms with E-state index in [4.69, 9.17) is 0 Å². The summed E-state index contributed by atoms with van der Waals surface area (Å²) in [6.07, 6.45) is 8.89. The maximum absolute atomic E-state index is 12.4. The largest absolute Gasteiger partial charge is 0.477 e. The van der Waals surface area contributed by atoms with Gasteiger partial charge in [0.05, 0.1) is 6.04 Å². The Morgan fingerprint density at radius 2 is 2.32 bits per heavy atom. The third-order valence-corrected chi connectivity index (χ3v) is 6.73. The Balaban J connectivity index is 1.30. The van der Waals surface area contributed by atoms with Crippen LogP contribution in [-0.4, -0.2) is 44.4 Å². The van der Waals surface area contributed by atoms with Crippen molar-refractivity contribution in [2.75, 3.05) is 6.54 Å². The summed E-state index contributed by atoms with van der Waals surface area (Å²) >= 11 is 1.75. The van der Waals surface area contributed by atoms with Crippen LogP contribution in [0.5, 0.6) is 0 Å². The molecule has 28 heavy (non-hydrogen) atoms. The number of aliphatic carboxylic acids is 1. The molecule has 1 fully saturated rings. The number of β-lactam (4-membered cyclic amide) rings is 1. The van der Waals surface area contributed by atoms with E-state index >= 15 is 0 Å². The Morgan fingerprint density at radius 1 is 1.43 bits per heavy atom. The quantitative estimate of drug-likeness (QED) is 0.639. The highest BCUT2D eigenvalue weighted by Crippen LogP contribution is 2.40. The van der Waals surface area contributed by atoms with E-state index in [1.165, 1.54) is 20.9 Å². The van der Waals surface area contributed by atoms with Gasteiger partial charge in [0.1, 0.15) is 5.70 Å². The number of pyridine rings is 1. The Hall–Kier alpha value is -2.77. The predicted octanol–water partition coefficient (Wildman–Crippen LogP) is 2.67. The number of carboxylic acids is 1. The smallest absolute Gasteiger partial charge is 0.352 e. The van der Waals surface area contributed by atoms with Gasteiger partial charge in [-0.3, -0.25) is 19.6 Å². The van der Waals surface area contributed by atoms with Crippen LogP contribution in [0.3, 0.4) is 0 Å². The third-order valence-electron chi connectivity index (χ3n) is 5.54. The maximum atomic E-state index is 12.4. The highest BCUT2D eigenvalue weighted by atomic mass is 32.1. The molecule has 5 rings (SSSR count). The first kappa shape index (κ1) is 17.3. The topological polar surface area (TPSA) is 73.7 Å². The van der Waals surface area contributed by atoms with Crippen molar-refractivity contribution in [3.63, 3.8) is 0 Å². The average molecular weight is 393 g/mol. The van der Waals surface area contributed by atoms with Crippen molar-refractivity contribution >= 4 is 29.3 Å². The van der Waals surface area contributed by atoms with Crippen LogP contribution >= 0.6 is 11.3 Å². The molecule has 0 radical (unpaired) electrons. The van der Waals surface area contributed by atoms with Crippen molar-refractivity contribution in [1.29, 1.82) is 0 Å². The van der Waals surface area contributed by atoms with Crippen molar-refractivity contribution in [1.82, 2.24) is 14.8 Å².